The van der Waals surface area contributed by atoms with Crippen LogP contribution in [0.25, 0.3) is 0 Å². The van der Waals surface area contributed by atoms with Gasteiger partial charge in [0.05, 0.1) is 5.54 Å². The summed E-state index contributed by atoms with van der Waals surface area (Å²) in [6.45, 7) is 17.7. The van der Waals surface area contributed by atoms with E-state index >= 15 is 0 Å². The lowest BCUT2D eigenvalue weighted by Crippen LogP contribution is -2.59. The predicted octanol–water partition coefficient (Wildman–Crippen LogP) is 2.32. The summed E-state index contributed by atoms with van der Waals surface area (Å²) < 4.78 is 0. The molecule has 14 heavy (non-hydrogen) atoms. The lowest BCUT2D eigenvalue weighted by atomic mass is 9.91. The third-order valence-corrected chi connectivity index (χ3v) is 3.46. The number of piperazine rings is 1. The molecule has 1 heterocycles. The zero-order valence-corrected chi connectivity index (χ0v) is 10.5. The van der Waals surface area contributed by atoms with E-state index in [0.29, 0.717) is 0 Å². The Morgan fingerprint density at radius 1 is 1.21 bits per heavy atom. The summed E-state index contributed by atoms with van der Waals surface area (Å²) in [7, 11) is 2.17. The summed E-state index contributed by atoms with van der Waals surface area (Å²) >= 11 is 0. The molecule has 2 heteroatoms. The highest BCUT2D eigenvalue weighted by Crippen LogP contribution is 2.33. The summed E-state index contributed by atoms with van der Waals surface area (Å²) in [4.78, 5) is 4.80. The topological polar surface area (TPSA) is 6.48 Å². The quantitative estimate of drug-likeness (QED) is 0.586. The van der Waals surface area contributed by atoms with Gasteiger partial charge in [0.2, 0.25) is 0 Å². The molecule has 0 amide bonds. The summed E-state index contributed by atoms with van der Waals surface area (Å²) in [5.74, 6) is 0. The zero-order chi connectivity index (χ0) is 11.1. The number of hydrogen-bond acceptors (Lipinski definition) is 2. The maximum absolute atomic E-state index is 4.25. The molecule has 1 fully saturated rings. The maximum Gasteiger partial charge on any atom is 0.0545 e. The summed E-state index contributed by atoms with van der Waals surface area (Å²) in [6.07, 6.45) is 0. The van der Waals surface area contributed by atoms with Gasteiger partial charge in [0.25, 0.3) is 0 Å². The van der Waals surface area contributed by atoms with Crippen molar-refractivity contribution < 1.29 is 0 Å². The number of nitrogens with zero attached hydrogens (tertiary/aromatic N) is 2. The predicted molar refractivity (Wildman–Crippen MR) is 62.3 cm³/mol. The number of rotatable bonds is 0. The van der Waals surface area contributed by atoms with Crippen molar-refractivity contribution in [3.8, 4) is 0 Å². The summed E-state index contributed by atoms with van der Waals surface area (Å²) in [5, 5.41) is 0. The molecular formula is C12H24N2. The van der Waals surface area contributed by atoms with Crippen molar-refractivity contribution in [1.82, 2.24) is 9.80 Å². The second-order valence-electron chi connectivity index (χ2n) is 5.75. The number of likely N-dealkylation sites (N-methyl/N-ethyl adjacent to an activating group) is 1. The second-order valence-corrected chi connectivity index (χ2v) is 5.75. The van der Waals surface area contributed by atoms with Crippen LogP contribution in [0.1, 0.15) is 34.6 Å². The molecule has 0 unspecified atom stereocenters. The molecule has 1 saturated heterocycles. The Morgan fingerprint density at radius 3 is 2.14 bits per heavy atom. The van der Waals surface area contributed by atoms with Crippen molar-refractivity contribution in [2.24, 2.45) is 0 Å². The third kappa shape index (κ3) is 1.81. The average molecular weight is 196 g/mol. The van der Waals surface area contributed by atoms with E-state index in [0.717, 1.165) is 13.1 Å². The van der Waals surface area contributed by atoms with E-state index in [9.17, 15) is 0 Å². The fraction of sp³-hybridized carbons (Fsp3) is 0.833. The van der Waals surface area contributed by atoms with Gasteiger partial charge < -0.3 is 4.90 Å². The van der Waals surface area contributed by atoms with Gasteiger partial charge in [-0.2, -0.15) is 0 Å². The second kappa shape index (κ2) is 3.27. The first-order valence-electron chi connectivity index (χ1n) is 5.35. The SMILES string of the molecule is C=C1N(C(C)(C)C)CCN(C)C1(C)C. The highest BCUT2D eigenvalue weighted by atomic mass is 15.3. The van der Waals surface area contributed by atoms with Gasteiger partial charge >= 0.3 is 0 Å². The Hall–Kier alpha value is -0.500. The minimum absolute atomic E-state index is 0.0888. The molecule has 0 bridgehead atoms. The molecule has 0 aromatic carbocycles. The van der Waals surface area contributed by atoms with E-state index in [1.54, 1.807) is 0 Å². The molecule has 1 aliphatic rings. The smallest absolute Gasteiger partial charge is 0.0545 e. The Bertz CT molecular complexity index is 235. The fourth-order valence-corrected chi connectivity index (χ4v) is 1.96. The van der Waals surface area contributed by atoms with Crippen molar-refractivity contribution in [3.63, 3.8) is 0 Å². The van der Waals surface area contributed by atoms with Crippen molar-refractivity contribution in [2.75, 3.05) is 20.1 Å². The molecule has 0 saturated carbocycles. The summed E-state index contributed by atoms with van der Waals surface area (Å²) in [6, 6.07) is 0. The number of hydrogen-bond donors (Lipinski definition) is 0. The molecule has 0 spiro atoms. The first-order valence-corrected chi connectivity index (χ1v) is 5.35. The van der Waals surface area contributed by atoms with Crippen LogP contribution in [0.5, 0.6) is 0 Å². The first-order chi connectivity index (χ1) is 6.17. The van der Waals surface area contributed by atoms with E-state index in [-0.39, 0.29) is 11.1 Å². The van der Waals surface area contributed by atoms with Gasteiger partial charge in [-0.15, -0.1) is 0 Å². The molecule has 0 aromatic rings. The first kappa shape index (κ1) is 11.6. The largest absolute Gasteiger partial charge is 0.368 e. The van der Waals surface area contributed by atoms with Gasteiger partial charge in [-0.3, -0.25) is 4.90 Å². The maximum atomic E-state index is 4.25. The monoisotopic (exact) mass is 196 g/mol. The Kier molecular flexibility index (Phi) is 2.70. The normalized spacial score (nSPS) is 24.1. The van der Waals surface area contributed by atoms with Crippen LogP contribution in [0.3, 0.4) is 0 Å². The zero-order valence-electron chi connectivity index (χ0n) is 10.5. The van der Waals surface area contributed by atoms with Crippen LogP contribution in [-0.4, -0.2) is 41.0 Å². The van der Waals surface area contributed by atoms with Crippen molar-refractivity contribution in [1.29, 1.82) is 0 Å². The summed E-state index contributed by atoms with van der Waals surface area (Å²) in [5.41, 5.74) is 1.51. The van der Waals surface area contributed by atoms with Crippen LogP contribution in [0.2, 0.25) is 0 Å². The van der Waals surface area contributed by atoms with Gasteiger partial charge in [0.15, 0.2) is 0 Å². The lowest BCUT2D eigenvalue weighted by molar-refractivity contribution is 0.0436. The van der Waals surface area contributed by atoms with Gasteiger partial charge in [-0.05, 0) is 41.7 Å². The van der Waals surface area contributed by atoms with Crippen LogP contribution < -0.4 is 0 Å². The molecule has 0 N–H and O–H groups in total. The minimum atomic E-state index is 0.0888. The van der Waals surface area contributed by atoms with Crippen molar-refractivity contribution >= 4 is 0 Å². The van der Waals surface area contributed by atoms with Gasteiger partial charge in [-0.1, -0.05) is 6.58 Å². The molecule has 0 aliphatic carbocycles. The fourth-order valence-electron chi connectivity index (χ4n) is 1.96. The third-order valence-electron chi connectivity index (χ3n) is 3.46. The van der Waals surface area contributed by atoms with E-state index in [4.69, 9.17) is 0 Å². The van der Waals surface area contributed by atoms with E-state index in [1.165, 1.54) is 5.70 Å². The Balaban J connectivity index is 2.92. The standard InChI is InChI=1S/C12H24N2/c1-10-12(5,6)13(7)8-9-14(10)11(2,3)4/h1,8-9H2,2-7H3. The minimum Gasteiger partial charge on any atom is -0.368 e. The van der Waals surface area contributed by atoms with Crippen LogP contribution in [0.4, 0.5) is 0 Å². The van der Waals surface area contributed by atoms with Crippen molar-refractivity contribution in [2.45, 2.75) is 45.7 Å². The molecule has 0 atom stereocenters. The van der Waals surface area contributed by atoms with Gasteiger partial charge in [-0.25, -0.2) is 0 Å². The van der Waals surface area contributed by atoms with Gasteiger partial charge in [0, 0.05) is 24.3 Å². The lowest BCUT2D eigenvalue weighted by Gasteiger charge is -2.52. The molecule has 0 aromatic heterocycles. The molecular weight excluding hydrogens is 172 g/mol. The van der Waals surface area contributed by atoms with Crippen LogP contribution >= 0.6 is 0 Å². The molecule has 1 aliphatic heterocycles. The highest BCUT2D eigenvalue weighted by Gasteiger charge is 2.38. The Labute approximate surface area is 88.6 Å². The van der Waals surface area contributed by atoms with Crippen molar-refractivity contribution in [3.05, 3.63) is 12.3 Å². The Morgan fingerprint density at radius 2 is 1.71 bits per heavy atom. The molecule has 82 valence electrons. The average Bonchev–Trinajstić information content (AvgIpc) is 1.99. The highest BCUT2D eigenvalue weighted by molar-refractivity contribution is 5.17. The molecule has 2 nitrogen and oxygen atoms in total. The van der Waals surface area contributed by atoms with Gasteiger partial charge in [0.1, 0.15) is 0 Å². The van der Waals surface area contributed by atoms with Crippen LogP contribution in [0, 0.1) is 0 Å². The van der Waals surface area contributed by atoms with Crippen LogP contribution in [-0.2, 0) is 0 Å². The van der Waals surface area contributed by atoms with Crippen LogP contribution in [0.15, 0.2) is 12.3 Å². The van der Waals surface area contributed by atoms with E-state index in [2.05, 4.69) is 58.0 Å². The van der Waals surface area contributed by atoms with E-state index < -0.39 is 0 Å². The van der Waals surface area contributed by atoms with E-state index in [1.807, 2.05) is 0 Å². The molecule has 0 radical (unpaired) electrons. The molecule has 1 rings (SSSR count).